The summed E-state index contributed by atoms with van der Waals surface area (Å²) in [5.41, 5.74) is 7.54. The number of nitrogens with one attached hydrogen (secondary N) is 1. The minimum Gasteiger partial charge on any atom is -0.497 e. The van der Waals surface area contributed by atoms with Gasteiger partial charge in [-0.15, -0.1) is 0 Å². The number of hydrogen-bond acceptors (Lipinski definition) is 5. The fourth-order valence-corrected chi connectivity index (χ4v) is 5.64. The number of pyridine rings is 1. The molecule has 0 radical (unpaired) electrons. The van der Waals surface area contributed by atoms with Crippen molar-refractivity contribution in [3.05, 3.63) is 95.6 Å². The van der Waals surface area contributed by atoms with Gasteiger partial charge in [-0.2, -0.15) is 0 Å². The maximum absolute atomic E-state index is 5.95. The predicted molar refractivity (Wildman–Crippen MR) is 157 cm³/mol. The minimum atomic E-state index is -0.152. The molecule has 8 heteroatoms. The van der Waals surface area contributed by atoms with Crippen LogP contribution in [0, 0.1) is 13.8 Å². The van der Waals surface area contributed by atoms with E-state index >= 15 is 0 Å². The fourth-order valence-electron chi connectivity index (χ4n) is 5.30. The van der Waals surface area contributed by atoms with Crippen molar-refractivity contribution in [3.8, 4) is 17.2 Å². The molecule has 2 atom stereocenters. The zero-order chi connectivity index (χ0) is 27.0. The van der Waals surface area contributed by atoms with Gasteiger partial charge in [0.15, 0.2) is 5.11 Å². The number of nitrogens with zero attached hydrogens (tertiary/aromatic N) is 4. The Bertz CT molecular complexity index is 1450. The van der Waals surface area contributed by atoms with E-state index in [-0.39, 0.29) is 12.1 Å². The second-order valence-electron chi connectivity index (χ2n) is 9.61. The summed E-state index contributed by atoms with van der Waals surface area (Å²) in [6, 6.07) is 22.4. The number of aromatic nitrogens is 2. The molecule has 2 aromatic heterocycles. The Kier molecular flexibility index (Phi) is 6.99. The van der Waals surface area contributed by atoms with Gasteiger partial charge in [0.2, 0.25) is 0 Å². The Morgan fingerprint density at radius 1 is 0.947 bits per heavy atom. The number of aryl methyl sites for hydroxylation is 1. The van der Waals surface area contributed by atoms with Crippen LogP contribution in [0.25, 0.3) is 5.69 Å². The Balaban J connectivity index is 1.67. The summed E-state index contributed by atoms with van der Waals surface area (Å²) in [4.78, 5) is 8.95. The summed E-state index contributed by atoms with van der Waals surface area (Å²) in [6.45, 7) is 4.31. The molecule has 1 N–H and O–H groups in total. The fraction of sp³-hybridized carbons (Fsp3) is 0.267. The van der Waals surface area contributed by atoms with Crippen molar-refractivity contribution >= 4 is 28.7 Å². The summed E-state index contributed by atoms with van der Waals surface area (Å²) >= 11 is 5.95. The van der Waals surface area contributed by atoms with E-state index in [1.807, 2.05) is 42.6 Å². The molecule has 2 aromatic carbocycles. The van der Waals surface area contributed by atoms with Gasteiger partial charge in [-0.05, 0) is 86.2 Å². The lowest BCUT2D eigenvalue weighted by molar-refractivity contribution is 0.394. The van der Waals surface area contributed by atoms with Crippen LogP contribution in [0.1, 0.15) is 34.7 Å². The van der Waals surface area contributed by atoms with Gasteiger partial charge in [0, 0.05) is 49.1 Å². The highest BCUT2D eigenvalue weighted by atomic mass is 32.1. The van der Waals surface area contributed by atoms with E-state index < -0.39 is 0 Å². The maximum atomic E-state index is 5.95. The Morgan fingerprint density at radius 3 is 2.34 bits per heavy atom. The second-order valence-corrected chi connectivity index (χ2v) is 9.99. The molecule has 0 spiro atoms. The van der Waals surface area contributed by atoms with E-state index in [0.29, 0.717) is 10.9 Å². The molecule has 1 saturated heterocycles. The molecular formula is C30H33N5O2S. The standard InChI is InChI=1S/C30H33N5O2S/c1-19-17-24(20(2)34(19)22-12-10-21(11-13-22)33(3)4)29-28(25-9-7-8-16-31-25)32-30(38)35(29)26-15-14-23(36-5)18-27(26)37-6/h7-18,28-29H,1-6H3,(H,32,38)/t28-,29+/m0/s1. The van der Waals surface area contributed by atoms with E-state index in [1.165, 1.54) is 5.56 Å². The number of methoxy groups -OCH3 is 2. The first-order valence-corrected chi connectivity index (χ1v) is 12.9. The molecule has 5 rings (SSSR count). The third kappa shape index (κ3) is 4.45. The highest BCUT2D eigenvalue weighted by molar-refractivity contribution is 7.80. The van der Waals surface area contributed by atoms with E-state index in [0.717, 1.165) is 39.9 Å². The van der Waals surface area contributed by atoms with Crippen molar-refractivity contribution in [3.63, 3.8) is 0 Å². The SMILES string of the molecule is COc1ccc(N2C(=S)N[C@@H](c3ccccn3)[C@H]2c2cc(C)n(-c3ccc(N(C)C)cc3)c2C)c(OC)c1. The lowest BCUT2D eigenvalue weighted by atomic mass is 9.96. The van der Waals surface area contributed by atoms with Crippen LogP contribution < -0.4 is 24.6 Å². The molecule has 3 heterocycles. The van der Waals surface area contributed by atoms with Crippen molar-refractivity contribution in [2.24, 2.45) is 0 Å². The number of anilines is 2. The van der Waals surface area contributed by atoms with Crippen LogP contribution in [0.15, 0.2) is 72.9 Å². The summed E-state index contributed by atoms with van der Waals surface area (Å²) in [5, 5.41) is 4.18. The third-order valence-corrected chi connectivity index (χ3v) is 7.47. The maximum Gasteiger partial charge on any atom is 0.174 e. The molecule has 38 heavy (non-hydrogen) atoms. The van der Waals surface area contributed by atoms with Crippen LogP contribution in [-0.2, 0) is 0 Å². The van der Waals surface area contributed by atoms with Gasteiger partial charge in [0.25, 0.3) is 0 Å². The first-order chi connectivity index (χ1) is 18.3. The minimum absolute atomic E-state index is 0.152. The van der Waals surface area contributed by atoms with Crippen molar-refractivity contribution in [2.45, 2.75) is 25.9 Å². The van der Waals surface area contributed by atoms with Gasteiger partial charge in [0.1, 0.15) is 11.5 Å². The molecule has 4 aromatic rings. The van der Waals surface area contributed by atoms with Gasteiger partial charge in [-0.25, -0.2) is 0 Å². The van der Waals surface area contributed by atoms with Crippen molar-refractivity contribution in [1.82, 2.24) is 14.9 Å². The molecule has 0 unspecified atom stereocenters. The van der Waals surface area contributed by atoms with Gasteiger partial charge in [-0.3, -0.25) is 4.98 Å². The van der Waals surface area contributed by atoms with Gasteiger partial charge in [0.05, 0.1) is 37.7 Å². The number of benzene rings is 2. The first-order valence-electron chi connectivity index (χ1n) is 12.5. The number of rotatable bonds is 7. The quantitative estimate of drug-likeness (QED) is 0.307. The molecule has 1 fully saturated rings. The molecule has 1 aliphatic rings. The molecule has 196 valence electrons. The average Bonchev–Trinajstić information content (AvgIpc) is 3.43. The smallest absolute Gasteiger partial charge is 0.174 e. The van der Waals surface area contributed by atoms with Gasteiger partial charge < -0.3 is 29.2 Å². The number of ether oxygens (including phenoxy) is 2. The number of hydrogen-bond donors (Lipinski definition) is 1. The first kappa shape index (κ1) is 25.6. The van der Waals surface area contributed by atoms with Crippen molar-refractivity contribution in [1.29, 1.82) is 0 Å². The lowest BCUT2D eigenvalue weighted by Crippen LogP contribution is -2.30. The van der Waals surface area contributed by atoms with Crippen LogP contribution in [0.3, 0.4) is 0 Å². The lowest BCUT2D eigenvalue weighted by Gasteiger charge is -2.29. The Labute approximate surface area is 229 Å². The molecule has 7 nitrogen and oxygen atoms in total. The second kappa shape index (κ2) is 10.4. The molecule has 0 amide bonds. The Morgan fingerprint density at radius 2 is 1.71 bits per heavy atom. The largest absolute Gasteiger partial charge is 0.497 e. The zero-order valence-electron chi connectivity index (χ0n) is 22.6. The summed E-state index contributed by atoms with van der Waals surface area (Å²) in [5.74, 6) is 1.41. The van der Waals surface area contributed by atoms with Gasteiger partial charge in [-0.1, -0.05) is 6.07 Å². The average molecular weight is 528 g/mol. The van der Waals surface area contributed by atoms with Gasteiger partial charge >= 0.3 is 0 Å². The third-order valence-electron chi connectivity index (χ3n) is 7.16. The van der Waals surface area contributed by atoms with Crippen LogP contribution in [-0.4, -0.2) is 43.0 Å². The van der Waals surface area contributed by atoms with E-state index in [1.54, 1.807) is 14.2 Å². The van der Waals surface area contributed by atoms with E-state index in [2.05, 4.69) is 78.0 Å². The summed E-state index contributed by atoms with van der Waals surface area (Å²) in [7, 11) is 7.42. The molecule has 0 bridgehead atoms. The molecule has 1 aliphatic heterocycles. The monoisotopic (exact) mass is 527 g/mol. The van der Waals surface area contributed by atoms with Crippen LogP contribution in [0.2, 0.25) is 0 Å². The number of thiocarbonyl (C=S) groups is 1. The van der Waals surface area contributed by atoms with Crippen molar-refractivity contribution < 1.29 is 9.47 Å². The molecular weight excluding hydrogens is 494 g/mol. The molecule has 0 saturated carbocycles. The summed E-state index contributed by atoms with van der Waals surface area (Å²) < 4.78 is 13.5. The van der Waals surface area contributed by atoms with Crippen LogP contribution in [0.4, 0.5) is 11.4 Å². The topological polar surface area (TPSA) is 54.8 Å². The normalized spacial score (nSPS) is 16.9. The van der Waals surface area contributed by atoms with E-state index in [4.69, 9.17) is 26.7 Å². The zero-order valence-corrected chi connectivity index (χ0v) is 23.4. The Hall–Kier alpha value is -4.04. The van der Waals surface area contributed by atoms with Crippen LogP contribution >= 0.6 is 12.2 Å². The molecule has 0 aliphatic carbocycles. The van der Waals surface area contributed by atoms with E-state index in [9.17, 15) is 0 Å². The highest BCUT2D eigenvalue weighted by Crippen LogP contribution is 2.46. The predicted octanol–water partition coefficient (Wildman–Crippen LogP) is 5.75. The van der Waals surface area contributed by atoms with Crippen LogP contribution in [0.5, 0.6) is 11.5 Å². The highest BCUT2D eigenvalue weighted by Gasteiger charge is 2.43. The van der Waals surface area contributed by atoms with Crippen molar-refractivity contribution in [2.75, 3.05) is 38.1 Å². The summed E-state index contributed by atoms with van der Waals surface area (Å²) in [6.07, 6.45) is 1.82.